The summed E-state index contributed by atoms with van der Waals surface area (Å²) in [5.41, 5.74) is 2.30. The van der Waals surface area contributed by atoms with E-state index in [0.29, 0.717) is 11.1 Å². The lowest BCUT2D eigenvalue weighted by Crippen LogP contribution is -2.32. The molecule has 3 aromatic rings. The summed E-state index contributed by atoms with van der Waals surface area (Å²) in [7, 11) is 0. The van der Waals surface area contributed by atoms with E-state index in [4.69, 9.17) is 4.74 Å². The molecule has 0 aliphatic rings. The molecule has 0 radical (unpaired) electrons. The number of nitrogens with one attached hydrogen (secondary N) is 1. The molecule has 0 amide bonds. The highest BCUT2D eigenvalue weighted by Crippen LogP contribution is 2.27. The van der Waals surface area contributed by atoms with Gasteiger partial charge in [-0.3, -0.25) is 0 Å². The number of halogens is 3. The lowest BCUT2D eigenvalue weighted by Gasteiger charge is -2.22. The van der Waals surface area contributed by atoms with Gasteiger partial charge in [0.15, 0.2) is 0 Å². The van der Waals surface area contributed by atoms with Crippen molar-refractivity contribution in [2.45, 2.75) is 25.2 Å². The number of benzene rings is 3. The molecule has 2 N–H and O–H groups in total. The van der Waals surface area contributed by atoms with E-state index in [1.165, 1.54) is 36.4 Å². The number of hydrogen-bond acceptors (Lipinski definition) is 3. The Bertz CT molecular complexity index is 869. The molecule has 0 aromatic heterocycles. The number of hydrogen-bond donors (Lipinski definition) is 2. The fourth-order valence-electron chi connectivity index (χ4n) is 3.11. The molecule has 158 valence electrons. The molecule has 0 saturated carbocycles. The van der Waals surface area contributed by atoms with Crippen LogP contribution in [0.25, 0.3) is 0 Å². The van der Waals surface area contributed by atoms with Gasteiger partial charge in [-0.05, 0) is 60.0 Å². The quantitative estimate of drug-likeness (QED) is 0.521. The van der Waals surface area contributed by atoms with Crippen molar-refractivity contribution in [3.8, 4) is 0 Å². The fraction of sp³-hybridized carbons (Fsp3) is 0.250. The SMILES string of the molecule is C[C@@H](NC[C@@H](O)COC(c1ccc(F)cc1)c1ccc(F)cc1)c1ccc(F)cc1. The zero-order valence-corrected chi connectivity index (χ0v) is 16.6. The van der Waals surface area contributed by atoms with E-state index in [1.54, 1.807) is 36.4 Å². The summed E-state index contributed by atoms with van der Waals surface area (Å²) in [6.07, 6.45) is -1.38. The van der Waals surface area contributed by atoms with Crippen molar-refractivity contribution in [3.63, 3.8) is 0 Å². The lowest BCUT2D eigenvalue weighted by atomic mass is 10.0. The highest BCUT2D eigenvalue weighted by molar-refractivity contribution is 5.30. The van der Waals surface area contributed by atoms with Crippen LogP contribution in [0, 0.1) is 17.5 Å². The van der Waals surface area contributed by atoms with Crippen LogP contribution in [0.5, 0.6) is 0 Å². The molecule has 0 aliphatic carbocycles. The van der Waals surface area contributed by atoms with Crippen molar-refractivity contribution >= 4 is 0 Å². The first-order valence-electron chi connectivity index (χ1n) is 9.72. The van der Waals surface area contributed by atoms with Crippen LogP contribution in [-0.2, 0) is 4.74 Å². The monoisotopic (exact) mass is 415 g/mol. The van der Waals surface area contributed by atoms with Crippen LogP contribution in [0.3, 0.4) is 0 Å². The lowest BCUT2D eigenvalue weighted by molar-refractivity contribution is 0.00574. The summed E-state index contributed by atoms with van der Waals surface area (Å²) in [5.74, 6) is -1.03. The van der Waals surface area contributed by atoms with Gasteiger partial charge in [0.1, 0.15) is 23.6 Å². The normalized spacial score (nSPS) is 13.4. The maximum absolute atomic E-state index is 13.3. The molecule has 0 spiro atoms. The molecule has 30 heavy (non-hydrogen) atoms. The van der Waals surface area contributed by atoms with Crippen molar-refractivity contribution in [2.24, 2.45) is 0 Å². The zero-order chi connectivity index (χ0) is 21.5. The van der Waals surface area contributed by atoms with E-state index in [2.05, 4.69) is 5.32 Å². The Morgan fingerprint density at radius 2 is 1.13 bits per heavy atom. The van der Waals surface area contributed by atoms with E-state index < -0.39 is 12.2 Å². The predicted molar refractivity (Wildman–Crippen MR) is 109 cm³/mol. The van der Waals surface area contributed by atoms with Crippen molar-refractivity contribution in [1.29, 1.82) is 0 Å². The Morgan fingerprint density at radius 3 is 1.57 bits per heavy atom. The number of ether oxygens (including phenoxy) is 1. The van der Waals surface area contributed by atoms with E-state index in [1.807, 2.05) is 6.92 Å². The summed E-state index contributed by atoms with van der Waals surface area (Å²) in [6.45, 7) is 2.20. The van der Waals surface area contributed by atoms with Gasteiger partial charge in [0, 0.05) is 12.6 Å². The largest absolute Gasteiger partial charge is 0.389 e. The second-order valence-electron chi connectivity index (χ2n) is 7.15. The molecule has 0 unspecified atom stereocenters. The number of aliphatic hydroxyl groups excluding tert-OH is 1. The first-order chi connectivity index (χ1) is 14.4. The summed E-state index contributed by atoms with van der Waals surface area (Å²) < 4.78 is 45.6. The minimum Gasteiger partial charge on any atom is -0.389 e. The third-order valence-electron chi connectivity index (χ3n) is 4.83. The maximum Gasteiger partial charge on any atom is 0.123 e. The second kappa shape index (κ2) is 10.4. The van der Waals surface area contributed by atoms with E-state index in [-0.39, 0.29) is 36.6 Å². The summed E-state index contributed by atoms with van der Waals surface area (Å²) >= 11 is 0. The third-order valence-corrected chi connectivity index (χ3v) is 4.83. The van der Waals surface area contributed by atoms with Crippen molar-refractivity contribution in [3.05, 3.63) is 107 Å². The minimum absolute atomic E-state index is 0.0164. The first-order valence-corrected chi connectivity index (χ1v) is 9.72. The standard InChI is InChI=1S/C24H24F3NO2/c1-16(17-2-8-20(25)9-3-17)28-14-23(29)15-30-24(18-4-10-21(26)11-5-18)19-6-12-22(27)13-7-19/h2-13,16,23-24,28-29H,14-15H2,1H3/t16-,23-/m1/s1. The van der Waals surface area contributed by atoms with Gasteiger partial charge in [0.25, 0.3) is 0 Å². The zero-order valence-electron chi connectivity index (χ0n) is 16.6. The Balaban J connectivity index is 1.61. The van der Waals surface area contributed by atoms with E-state index in [0.717, 1.165) is 5.56 Å². The summed E-state index contributed by atoms with van der Waals surface area (Å²) in [5, 5.41) is 13.5. The van der Waals surface area contributed by atoms with Gasteiger partial charge in [0.05, 0.1) is 12.7 Å². The number of aliphatic hydroxyl groups is 1. The molecule has 0 heterocycles. The van der Waals surface area contributed by atoms with Gasteiger partial charge in [-0.15, -0.1) is 0 Å². The van der Waals surface area contributed by atoms with E-state index >= 15 is 0 Å². The highest BCUT2D eigenvalue weighted by Gasteiger charge is 2.18. The fourth-order valence-corrected chi connectivity index (χ4v) is 3.11. The average Bonchev–Trinajstić information content (AvgIpc) is 2.75. The van der Waals surface area contributed by atoms with Gasteiger partial charge < -0.3 is 15.2 Å². The van der Waals surface area contributed by atoms with Crippen LogP contribution in [0.2, 0.25) is 0 Å². The minimum atomic E-state index is -0.809. The maximum atomic E-state index is 13.3. The Labute approximate surface area is 174 Å². The molecule has 6 heteroatoms. The van der Waals surface area contributed by atoms with Crippen molar-refractivity contribution < 1.29 is 23.0 Å². The van der Waals surface area contributed by atoms with Crippen molar-refractivity contribution in [2.75, 3.05) is 13.2 Å². The average molecular weight is 415 g/mol. The Morgan fingerprint density at radius 1 is 0.733 bits per heavy atom. The molecule has 0 saturated heterocycles. The van der Waals surface area contributed by atoms with Crippen molar-refractivity contribution in [1.82, 2.24) is 5.32 Å². The van der Waals surface area contributed by atoms with Gasteiger partial charge in [-0.1, -0.05) is 36.4 Å². The molecule has 2 atom stereocenters. The molecule has 3 rings (SSSR count). The van der Waals surface area contributed by atoms with Gasteiger partial charge in [0.2, 0.25) is 0 Å². The third kappa shape index (κ3) is 6.16. The van der Waals surface area contributed by atoms with Crippen LogP contribution in [0.4, 0.5) is 13.2 Å². The van der Waals surface area contributed by atoms with Crippen LogP contribution < -0.4 is 5.32 Å². The van der Waals surface area contributed by atoms with Crippen LogP contribution in [-0.4, -0.2) is 24.4 Å². The van der Waals surface area contributed by atoms with E-state index in [9.17, 15) is 18.3 Å². The van der Waals surface area contributed by atoms with Gasteiger partial charge in [-0.25, -0.2) is 13.2 Å². The van der Waals surface area contributed by atoms with Gasteiger partial charge in [-0.2, -0.15) is 0 Å². The topological polar surface area (TPSA) is 41.5 Å². The molecule has 3 nitrogen and oxygen atoms in total. The molecule has 0 bridgehead atoms. The Kier molecular flexibility index (Phi) is 7.63. The first kappa shape index (κ1) is 22.0. The van der Waals surface area contributed by atoms with Crippen LogP contribution in [0.15, 0.2) is 72.8 Å². The molecule has 0 fully saturated rings. The Hall–Kier alpha value is -2.67. The van der Waals surface area contributed by atoms with Crippen LogP contribution >= 0.6 is 0 Å². The molecule has 3 aromatic carbocycles. The molecular formula is C24H24F3NO2. The van der Waals surface area contributed by atoms with Gasteiger partial charge >= 0.3 is 0 Å². The second-order valence-corrected chi connectivity index (χ2v) is 7.15. The highest BCUT2D eigenvalue weighted by atomic mass is 19.1. The van der Waals surface area contributed by atoms with Crippen LogP contribution in [0.1, 0.15) is 35.8 Å². The number of rotatable bonds is 9. The molecule has 0 aliphatic heterocycles. The summed E-state index contributed by atoms with van der Waals surface area (Å²) in [6, 6.07) is 17.8. The molecular weight excluding hydrogens is 391 g/mol. The predicted octanol–water partition coefficient (Wildman–Crippen LogP) is 4.92. The smallest absolute Gasteiger partial charge is 0.123 e. The summed E-state index contributed by atoms with van der Waals surface area (Å²) in [4.78, 5) is 0.